The van der Waals surface area contributed by atoms with Crippen LogP contribution in [0.4, 0.5) is 0 Å². The van der Waals surface area contributed by atoms with Crippen LogP contribution < -0.4 is 4.72 Å². The fourth-order valence-corrected chi connectivity index (χ4v) is 4.85. The van der Waals surface area contributed by atoms with E-state index in [2.05, 4.69) is 36.6 Å². The lowest BCUT2D eigenvalue weighted by atomic mass is 10.1. The lowest BCUT2D eigenvalue weighted by molar-refractivity contribution is 0.314. The molecule has 0 saturated heterocycles. The van der Waals surface area contributed by atoms with E-state index in [1.165, 1.54) is 0 Å². The Morgan fingerprint density at radius 3 is 2.30 bits per heavy atom. The van der Waals surface area contributed by atoms with Gasteiger partial charge in [0.25, 0.3) is 0 Å². The molecule has 1 aromatic rings. The number of benzene rings is 1. The number of halogens is 2. The Morgan fingerprint density at radius 2 is 1.85 bits per heavy atom. The minimum absolute atomic E-state index is 0.134. The van der Waals surface area contributed by atoms with Gasteiger partial charge in [0.1, 0.15) is 0 Å². The van der Waals surface area contributed by atoms with Crippen LogP contribution in [-0.4, -0.2) is 40.0 Å². The first-order valence-corrected chi connectivity index (χ1v) is 9.32. The van der Waals surface area contributed by atoms with E-state index in [0.717, 1.165) is 4.47 Å². The zero-order chi connectivity index (χ0) is 15.5. The predicted octanol–water partition coefficient (Wildman–Crippen LogP) is 3.08. The third kappa shape index (κ3) is 5.11. The Kier molecular flexibility index (Phi) is 6.66. The maximum absolute atomic E-state index is 12.5. The molecule has 0 saturated carbocycles. The second kappa shape index (κ2) is 7.35. The van der Waals surface area contributed by atoms with Crippen molar-refractivity contribution >= 4 is 41.9 Å². The van der Waals surface area contributed by atoms with E-state index >= 15 is 0 Å². The van der Waals surface area contributed by atoms with Gasteiger partial charge < -0.3 is 4.90 Å². The fraction of sp³-hybridized carbons (Fsp3) is 0.538. The second-order valence-corrected chi connectivity index (χ2v) is 8.76. The molecule has 0 radical (unpaired) electrons. The number of sulfonamides is 1. The molecule has 0 bridgehead atoms. The molecule has 0 heterocycles. The number of nitrogens with zero attached hydrogens (tertiary/aromatic N) is 1. The van der Waals surface area contributed by atoms with Crippen molar-refractivity contribution in [2.45, 2.75) is 24.8 Å². The molecule has 0 fully saturated rings. The van der Waals surface area contributed by atoms with E-state index in [-0.39, 0.29) is 16.9 Å². The van der Waals surface area contributed by atoms with Crippen LogP contribution in [0.1, 0.15) is 13.8 Å². The zero-order valence-corrected chi connectivity index (χ0v) is 16.0. The van der Waals surface area contributed by atoms with Crippen LogP contribution in [0.3, 0.4) is 0 Å². The first-order chi connectivity index (χ1) is 9.13. The largest absolute Gasteiger partial charge is 0.308 e. The Bertz CT molecular complexity index is 559. The molecule has 0 aliphatic heterocycles. The maximum atomic E-state index is 12.5. The number of hydrogen-bond acceptors (Lipinski definition) is 3. The average molecular weight is 428 g/mol. The van der Waals surface area contributed by atoms with Gasteiger partial charge in [-0.25, -0.2) is 13.1 Å². The molecule has 4 nitrogen and oxygen atoms in total. The van der Waals surface area contributed by atoms with Gasteiger partial charge in [0.15, 0.2) is 0 Å². The first-order valence-electron chi connectivity index (χ1n) is 6.25. The highest BCUT2D eigenvalue weighted by Crippen LogP contribution is 2.26. The van der Waals surface area contributed by atoms with Crippen molar-refractivity contribution in [1.29, 1.82) is 0 Å². The molecule has 0 amide bonds. The first kappa shape index (κ1) is 18.1. The van der Waals surface area contributed by atoms with Gasteiger partial charge in [-0.15, -0.1) is 0 Å². The summed E-state index contributed by atoms with van der Waals surface area (Å²) in [5.74, 6) is 0.210. The fourth-order valence-electron chi connectivity index (χ4n) is 1.73. The minimum atomic E-state index is -3.54. The molecule has 0 spiro atoms. The van der Waals surface area contributed by atoms with Crippen LogP contribution in [0.15, 0.2) is 32.0 Å². The van der Waals surface area contributed by atoms with Crippen LogP contribution in [0.2, 0.25) is 0 Å². The smallest absolute Gasteiger partial charge is 0.241 e. The monoisotopic (exact) mass is 426 g/mol. The Morgan fingerprint density at radius 1 is 1.25 bits per heavy atom. The maximum Gasteiger partial charge on any atom is 0.241 e. The number of rotatable bonds is 6. The lowest BCUT2D eigenvalue weighted by Crippen LogP contribution is -2.44. The summed E-state index contributed by atoms with van der Waals surface area (Å²) in [6, 6.07) is 4.90. The lowest BCUT2D eigenvalue weighted by Gasteiger charge is -2.25. The van der Waals surface area contributed by atoms with E-state index in [1.807, 2.05) is 32.8 Å². The van der Waals surface area contributed by atoms with E-state index < -0.39 is 10.0 Å². The summed E-state index contributed by atoms with van der Waals surface area (Å²) in [6.07, 6.45) is 0. The zero-order valence-electron chi connectivity index (χ0n) is 12.0. The topological polar surface area (TPSA) is 49.4 Å². The highest BCUT2D eigenvalue weighted by Gasteiger charge is 2.24. The molecule has 7 heteroatoms. The van der Waals surface area contributed by atoms with Crippen LogP contribution in [0, 0.1) is 5.92 Å². The summed E-state index contributed by atoms with van der Waals surface area (Å²) in [7, 11) is 0.318. The molecular formula is C13H20Br2N2O2S. The molecule has 114 valence electrons. The molecule has 0 aromatic heterocycles. The standard InChI is InChI=1S/C13H20Br2N2O2S/c1-9(2)12(8-17(3)4)16-20(18,19)13-6-5-10(14)7-11(13)15/h5-7,9,12,16H,8H2,1-4H3. The van der Waals surface area contributed by atoms with E-state index in [4.69, 9.17) is 0 Å². The Hall–Kier alpha value is 0.0500. The SMILES string of the molecule is CC(C)C(CN(C)C)NS(=O)(=O)c1ccc(Br)cc1Br. The quantitative estimate of drug-likeness (QED) is 0.758. The summed E-state index contributed by atoms with van der Waals surface area (Å²) < 4.78 is 29.1. The van der Waals surface area contributed by atoms with Crippen molar-refractivity contribution in [3.63, 3.8) is 0 Å². The summed E-state index contributed by atoms with van der Waals surface area (Å²) in [6.45, 7) is 4.67. The van der Waals surface area contributed by atoms with Gasteiger partial charge in [0.05, 0.1) is 4.90 Å². The molecule has 1 rings (SSSR count). The molecular weight excluding hydrogens is 408 g/mol. The Balaban J connectivity index is 3.03. The van der Waals surface area contributed by atoms with Crippen LogP contribution in [0.5, 0.6) is 0 Å². The third-order valence-electron chi connectivity index (χ3n) is 2.86. The van der Waals surface area contributed by atoms with Gasteiger partial charge in [-0.05, 0) is 54.1 Å². The van der Waals surface area contributed by atoms with Crippen molar-refractivity contribution in [2.75, 3.05) is 20.6 Å². The van der Waals surface area contributed by atoms with Gasteiger partial charge in [0, 0.05) is 21.5 Å². The average Bonchev–Trinajstić information content (AvgIpc) is 2.26. The van der Waals surface area contributed by atoms with Gasteiger partial charge in [-0.3, -0.25) is 0 Å². The molecule has 1 N–H and O–H groups in total. The molecule has 1 aromatic carbocycles. The van der Waals surface area contributed by atoms with Gasteiger partial charge in [-0.2, -0.15) is 0 Å². The third-order valence-corrected chi connectivity index (χ3v) is 5.82. The molecule has 0 aliphatic rings. The summed E-state index contributed by atoms with van der Waals surface area (Å²) in [5, 5.41) is 0. The number of likely N-dealkylation sites (N-methyl/N-ethyl adjacent to an activating group) is 1. The minimum Gasteiger partial charge on any atom is -0.308 e. The summed E-state index contributed by atoms with van der Waals surface area (Å²) in [5.41, 5.74) is 0. The van der Waals surface area contributed by atoms with Crippen LogP contribution in [0.25, 0.3) is 0 Å². The molecule has 0 aliphatic carbocycles. The molecule has 20 heavy (non-hydrogen) atoms. The van der Waals surface area contributed by atoms with Gasteiger partial charge in [-0.1, -0.05) is 29.8 Å². The van der Waals surface area contributed by atoms with Crippen LogP contribution in [-0.2, 0) is 10.0 Å². The highest BCUT2D eigenvalue weighted by molar-refractivity contribution is 9.11. The predicted molar refractivity (Wildman–Crippen MR) is 89.3 cm³/mol. The number of nitrogens with one attached hydrogen (secondary N) is 1. The van der Waals surface area contributed by atoms with Crippen LogP contribution >= 0.6 is 31.9 Å². The number of hydrogen-bond donors (Lipinski definition) is 1. The molecule has 1 unspecified atom stereocenters. The van der Waals surface area contributed by atoms with Crippen molar-refractivity contribution in [1.82, 2.24) is 9.62 Å². The van der Waals surface area contributed by atoms with E-state index in [1.54, 1.807) is 18.2 Å². The summed E-state index contributed by atoms with van der Waals surface area (Å²) in [4.78, 5) is 2.23. The van der Waals surface area contributed by atoms with E-state index in [9.17, 15) is 8.42 Å². The Labute approximate surface area is 138 Å². The molecule has 1 atom stereocenters. The van der Waals surface area contributed by atoms with Crippen molar-refractivity contribution < 1.29 is 8.42 Å². The highest BCUT2D eigenvalue weighted by atomic mass is 79.9. The van der Waals surface area contributed by atoms with Crippen molar-refractivity contribution in [3.8, 4) is 0 Å². The second-order valence-electron chi connectivity index (χ2n) is 5.31. The normalized spacial score (nSPS) is 14.0. The van der Waals surface area contributed by atoms with E-state index in [0.29, 0.717) is 11.0 Å². The van der Waals surface area contributed by atoms with Crippen molar-refractivity contribution in [3.05, 3.63) is 27.1 Å². The summed E-state index contributed by atoms with van der Waals surface area (Å²) >= 11 is 6.62. The van der Waals surface area contributed by atoms with Gasteiger partial charge >= 0.3 is 0 Å². The van der Waals surface area contributed by atoms with Crippen molar-refractivity contribution in [2.24, 2.45) is 5.92 Å². The van der Waals surface area contributed by atoms with Gasteiger partial charge in [0.2, 0.25) is 10.0 Å².